The normalized spacial score (nSPS) is 11.1. The number of rotatable bonds is 2. The van der Waals surface area contributed by atoms with Crippen LogP contribution >= 0.6 is 0 Å². The summed E-state index contributed by atoms with van der Waals surface area (Å²) in [6.07, 6.45) is -4.59. The highest BCUT2D eigenvalue weighted by atomic mass is 19.4. The molecule has 88 valence electrons. The maximum absolute atomic E-state index is 12.4. The molecular weight excluding hydrogens is 227 g/mol. The van der Waals surface area contributed by atoms with Crippen LogP contribution in [0.25, 0.3) is 0 Å². The standard InChI is InChI=1S/C8H8F3N3O2/c1-16-7(15)5-2-4(8(9,10)11)3-6(13-5)14-12/h2-3H,12H2,1H3,(H,13,14). The first-order valence-corrected chi connectivity index (χ1v) is 4.02. The zero-order valence-corrected chi connectivity index (χ0v) is 8.13. The lowest BCUT2D eigenvalue weighted by Crippen LogP contribution is -2.15. The maximum Gasteiger partial charge on any atom is 0.416 e. The summed E-state index contributed by atoms with van der Waals surface area (Å²) in [5.74, 6) is 3.70. The van der Waals surface area contributed by atoms with E-state index in [-0.39, 0.29) is 5.82 Å². The first-order valence-electron chi connectivity index (χ1n) is 4.02. The second-order valence-corrected chi connectivity index (χ2v) is 2.76. The molecule has 0 saturated carbocycles. The molecule has 0 fully saturated rings. The fourth-order valence-electron chi connectivity index (χ4n) is 0.977. The van der Waals surface area contributed by atoms with Gasteiger partial charge in [-0.1, -0.05) is 0 Å². The van der Waals surface area contributed by atoms with Gasteiger partial charge < -0.3 is 10.2 Å². The Morgan fingerprint density at radius 1 is 1.50 bits per heavy atom. The van der Waals surface area contributed by atoms with Crippen molar-refractivity contribution in [2.45, 2.75) is 6.18 Å². The fraction of sp³-hybridized carbons (Fsp3) is 0.250. The summed E-state index contributed by atoms with van der Waals surface area (Å²) in [6.45, 7) is 0. The van der Waals surface area contributed by atoms with Crippen LogP contribution in [0.5, 0.6) is 0 Å². The molecule has 1 rings (SSSR count). The third-order valence-electron chi connectivity index (χ3n) is 1.70. The second-order valence-electron chi connectivity index (χ2n) is 2.76. The number of nitrogens with zero attached hydrogens (tertiary/aromatic N) is 1. The third-order valence-corrected chi connectivity index (χ3v) is 1.70. The molecular formula is C8H8F3N3O2. The van der Waals surface area contributed by atoms with Gasteiger partial charge in [0.15, 0.2) is 5.69 Å². The molecule has 0 atom stereocenters. The topological polar surface area (TPSA) is 77.2 Å². The number of nitrogens with two attached hydrogens (primary N) is 1. The van der Waals surface area contributed by atoms with Crippen molar-refractivity contribution in [3.8, 4) is 0 Å². The number of hydrazine groups is 1. The van der Waals surface area contributed by atoms with E-state index >= 15 is 0 Å². The van der Waals surface area contributed by atoms with Gasteiger partial charge in [0, 0.05) is 0 Å². The van der Waals surface area contributed by atoms with Gasteiger partial charge in [0.1, 0.15) is 5.82 Å². The second kappa shape index (κ2) is 4.35. The van der Waals surface area contributed by atoms with Gasteiger partial charge in [-0.3, -0.25) is 0 Å². The van der Waals surface area contributed by atoms with Gasteiger partial charge in [0.25, 0.3) is 0 Å². The molecule has 0 unspecified atom stereocenters. The van der Waals surface area contributed by atoms with E-state index in [1.165, 1.54) is 0 Å². The molecule has 1 aromatic heterocycles. The summed E-state index contributed by atoms with van der Waals surface area (Å²) >= 11 is 0. The number of hydrogen-bond donors (Lipinski definition) is 2. The number of methoxy groups -OCH3 is 1. The quantitative estimate of drug-likeness (QED) is 0.457. The first kappa shape index (κ1) is 12.2. The van der Waals surface area contributed by atoms with Crippen molar-refractivity contribution in [1.82, 2.24) is 4.98 Å². The van der Waals surface area contributed by atoms with E-state index in [1.54, 1.807) is 0 Å². The van der Waals surface area contributed by atoms with Gasteiger partial charge >= 0.3 is 12.1 Å². The van der Waals surface area contributed by atoms with Crippen molar-refractivity contribution in [2.24, 2.45) is 5.84 Å². The Balaban J connectivity index is 3.27. The van der Waals surface area contributed by atoms with Gasteiger partial charge in [-0.15, -0.1) is 0 Å². The Labute approximate surface area is 88.4 Å². The molecule has 0 bridgehead atoms. The van der Waals surface area contributed by atoms with Gasteiger partial charge in [-0.25, -0.2) is 15.6 Å². The summed E-state index contributed by atoms with van der Waals surface area (Å²) in [4.78, 5) is 14.6. The van der Waals surface area contributed by atoms with Gasteiger partial charge in [0.05, 0.1) is 12.7 Å². The highest BCUT2D eigenvalue weighted by Crippen LogP contribution is 2.30. The minimum Gasteiger partial charge on any atom is -0.464 e. The number of nitrogen functional groups attached to an aromatic ring is 1. The molecule has 1 heterocycles. The lowest BCUT2D eigenvalue weighted by atomic mass is 10.2. The largest absolute Gasteiger partial charge is 0.464 e. The number of nitrogens with one attached hydrogen (secondary N) is 1. The minimum absolute atomic E-state index is 0.268. The average Bonchev–Trinajstić information content (AvgIpc) is 2.26. The summed E-state index contributed by atoms with van der Waals surface area (Å²) < 4.78 is 41.5. The average molecular weight is 235 g/mol. The molecule has 0 spiro atoms. The van der Waals surface area contributed by atoms with Gasteiger partial charge in [0.2, 0.25) is 0 Å². The molecule has 0 aromatic carbocycles. The fourth-order valence-corrected chi connectivity index (χ4v) is 0.977. The summed E-state index contributed by atoms with van der Waals surface area (Å²) in [5.41, 5.74) is 0.441. The highest BCUT2D eigenvalue weighted by molar-refractivity contribution is 5.87. The van der Waals surface area contributed by atoms with Crippen LogP contribution in [0.2, 0.25) is 0 Å². The molecule has 5 nitrogen and oxygen atoms in total. The zero-order chi connectivity index (χ0) is 12.3. The minimum atomic E-state index is -4.59. The van der Waals surface area contributed by atoms with E-state index in [2.05, 4.69) is 9.72 Å². The van der Waals surface area contributed by atoms with Crippen molar-refractivity contribution in [2.75, 3.05) is 12.5 Å². The van der Waals surface area contributed by atoms with E-state index < -0.39 is 23.4 Å². The van der Waals surface area contributed by atoms with E-state index in [0.717, 1.165) is 7.11 Å². The van der Waals surface area contributed by atoms with Crippen LogP contribution in [0.1, 0.15) is 16.1 Å². The number of pyridine rings is 1. The molecule has 1 aromatic rings. The first-order chi connectivity index (χ1) is 7.38. The van der Waals surface area contributed by atoms with Crippen molar-refractivity contribution in [3.05, 3.63) is 23.4 Å². The molecule has 8 heteroatoms. The highest BCUT2D eigenvalue weighted by Gasteiger charge is 2.32. The number of anilines is 1. The predicted octanol–water partition coefficient (Wildman–Crippen LogP) is 1.17. The molecule has 0 aliphatic carbocycles. The molecule has 3 N–H and O–H groups in total. The third kappa shape index (κ3) is 2.60. The Kier molecular flexibility index (Phi) is 3.33. The zero-order valence-electron chi connectivity index (χ0n) is 8.13. The number of hydrogen-bond acceptors (Lipinski definition) is 5. The Bertz CT molecular complexity index is 406. The smallest absolute Gasteiger partial charge is 0.416 e. The monoisotopic (exact) mass is 235 g/mol. The van der Waals surface area contributed by atoms with Gasteiger partial charge in [-0.05, 0) is 12.1 Å². The van der Waals surface area contributed by atoms with Gasteiger partial charge in [-0.2, -0.15) is 13.2 Å². The van der Waals surface area contributed by atoms with Crippen LogP contribution in [-0.2, 0) is 10.9 Å². The van der Waals surface area contributed by atoms with Crippen LogP contribution in [-0.4, -0.2) is 18.1 Å². The Morgan fingerprint density at radius 2 is 2.12 bits per heavy atom. The molecule has 16 heavy (non-hydrogen) atoms. The number of esters is 1. The lowest BCUT2D eigenvalue weighted by molar-refractivity contribution is -0.137. The summed E-state index contributed by atoms with van der Waals surface area (Å²) in [5, 5.41) is 0. The van der Waals surface area contributed by atoms with E-state index in [0.29, 0.717) is 12.1 Å². The number of carbonyl (C=O) groups is 1. The molecule has 0 amide bonds. The number of halogens is 3. The van der Waals surface area contributed by atoms with Crippen LogP contribution in [0.15, 0.2) is 12.1 Å². The van der Waals surface area contributed by atoms with E-state index in [1.807, 2.05) is 5.43 Å². The van der Waals surface area contributed by atoms with Crippen molar-refractivity contribution in [1.29, 1.82) is 0 Å². The van der Waals surface area contributed by atoms with E-state index in [9.17, 15) is 18.0 Å². The lowest BCUT2D eigenvalue weighted by Gasteiger charge is -2.09. The Morgan fingerprint density at radius 3 is 2.56 bits per heavy atom. The molecule has 0 aliphatic heterocycles. The Hall–Kier alpha value is -1.83. The van der Waals surface area contributed by atoms with Crippen molar-refractivity contribution < 1.29 is 22.7 Å². The van der Waals surface area contributed by atoms with E-state index in [4.69, 9.17) is 5.84 Å². The predicted molar refractivity (Wildman–Crippen MR) is 48.4 cm³/mol. The molecule has 0 aliphatic rings. The maximum atomic E-state index is 12.4. The summed E-state index contributed by atoms with van der Waals surface area (Å²) in [7, 11) is 1.04. The summed E-state index contributed by atoms with van der Waals surface area (Å²) in [6, 6.07) is 1.28. The number of carbonyl (C=O) groups excluding carboxylic acids is 1. The number of aromatic nitrogens is 1. The van der Waals surface area contributed by atoms with Crippen LogP contribution in [0.4, 0.5) is 19.0 Å². The van der Waals surface area contributed by atoms with Crippen molar-refractivity contribution >= 4 is 11.8 Å². The number of alkyl halides is 3. The van der Waals surface area contributed by atoms with Crippen LogP contribution in [0, 0.1) is 0 Å². The SMILES string of the molecule is COC(=O)c1cc(C(F)(F)F)cc(NN)n1. The van der Waals surface area contributed by atoms with Crippen LogP contribution < -0.4 is 11.3 Å². The number of ether oxygens (including phenoxy) is 1. The van der Waals surface area contributed by atoms with Crippen LogP contribution in [0.3, 0.4) is 0 Å². The molecule has 0 radical (unpaired) electrons. The van der Waals surface area contributed by atoms with Crippen molar-refractivity contribution in [3.63, 3.8) is 0 Å². The molecule has 0 saturated heterocycles.